The Balaban J connectivity index is 1.57. The Bertz CT molecular complexity index is 1800. The van der Waals surface area contributed by atoms with Gasteiger partial charge in [0.15, 0.2) is 5.82 Å². The molecular weight excluding hydrogens is 452 g/mol. The van der Waals surface area contributed by atoms with Gasteiger partial charge in [0.05, 0.1) is 28.0 Å². The maximum Gasteiger partial charge on any atom is 0.160 e. The van der Waals surface area contributed by atoms with Crippen molar-refractivity contribution in [2.24, 2.45) is 0 Å². The average Bonchev–Trinajstić information content (AvgIpc) is 3.39. The molecule has 0 N–H and O–H groups in total. The summed E-state index contributed by atoms with van der Waals surface area (Å²) in [5, 5.41) is 6.29. The SMILES string of the molecule is c1ccc(-c2cc(-c3c(-c4ccccc4)nn4c3ccc3ccccc34)nc(-c3ccccc3)n2)cc1. The van der Waals surface area contributed by atoms with Crippen molar-refractivity contribution in [3.8, 4) is 45.2 Å². The van der Waals surface area contributed by atoms with Crippen LogP contribution in [0.1, 0.15) is 0 Å². The molecule has 0 saturated heterocycles. The molecular formula is C33H22N4. The van der Waals surface area contributed by atoms with E-state index in [4.69, 9.17) is 15.1 Å². The van der Waals surface area contributed by atoms with E-state index in [9.17, 15) is 0 Å². The fraction of sp³-hybridized carbons (Fsp3) is 0. The molecule has 4 heteroatoms. The number of nitrogens with zero attached hydrogens (tertiary/aromatic N) is 4. The van der Waals surface area contributed by atoms with Gasteiger partial charge >= 0.3 is 0 Å². The Hall–Kier alpha value is -5.09. The van der Waals surface area contributed by atoms with Crippen LogP contribution >= 0.6 is 0 Å². The highest BCUT2D eigenvalue weighted by atomic mass is 15.2. The van der Waals surface area contributed by atoms with Crippen molar-refractivity contribution in [2.75, 3.05) is 0 Å². The number of rotatable bonds is 4. The summed E-state index contributed by atoms with van der Waals surface area (Å²) in [5.41, 5.74) is 8.75. The first-order valence-electron chi connectivity index (χ1n) is 12.3. The first-order chi connectivity index (χ1) is 18.3. The van der Waals surface area contributed by atoms with Crippen LogP contribution in [-0.2, 0) is 0 Å². The van der Waals surface area contributed by atoms with Gasteiger partial charge in [0.25, 0.3) is 0 Å². The van der Waals surface area contributed by atoms with Crippen LogP contribution in [0, 0.1) is 0 Å². The van der Waals surface area contributed by atoms with Crippen molar-refractivity contribution < 1.29 is 0 Å². The van der Waals surface area contributed by atoms with E-state index in [-0.39, 0.29) is 0 Å². The summed E-state index contributed by atoms with van der Waals surface area (Å²) in [4.78, 5) is 10.1. The molecule has 7 aromatic rings. The molecule has 174 valence electrons. The molecule has 3 aromatic heterocycles. The van der Waals surface area contributed by atoms with Crippen LogP contribution in [0.3, 0.4) is 0 Å². The van der Waals surface area contributed by atoms with Crippen molar-refractivity contribution in [1.82, 2.24) is 19.6 Å². The minimum Gasteiger partial charge on any atom is -0.232 e. The summed E-state index contributed by atoms with van der Waals surface area (Å²) in [6.45, 7) is 0. The van der Waals surface area contributed by atoms with E-state index >= 15 is 0 Å². The van der Waals surface area contributed by atoms with Gasteiger partial charge in [-0.2, -0.15) is 5.10 Å². The number of fused-ring (bicyclic) bond motifs is 3. The van der Waals surface area contributed by atoms with Gasteiger partial charge in [0.2, 0.25) is 0 Å². The van der Waals surface area contributed by atoms with Crippen LogP contribution < -0.4 is 0 Å². The largest absolute Gasteiger partial charge is 0.232 e. The zero-order valence-electron chi connectivity index (χ0n) is 20.0. The Kier molecular flexibility index (Phi) is 5.07. The van der Waals surface area contributed by atoms with E-state index in [0.29, 0.717) is 5.82 Å². The molecule has 0 unspecified atom stereocenters. The number of hydrogen-bond acceptors (Lipinski definition) is 3. The van der Waals surface area contributed by atoms with Crippen LogP contribution in [0.5, 0.6) is 0 Å². The van der Waals surface area contributed by atoms with E-state index in [1.165, 1.54) is 0 Å². The Morgan fingerprint density at radius 1 is 0.459 bits per heavy atom. The van der Waals surface area contributed by atoms with Crippen molar-refractivity contribution in [3.63, 3.8) is 0 Å². The van der Waals surface area contributed by atoms with Gasteiger partial charge in [-0.3, -0.25) is 0 Å². The zero-order valence-corrected chi connectivity index (χ0v) is 20.0. The lowest BCUT2D eigenvalue weighted by Gasteiger charge is -2.10. The molecule has 0 atom stereocenters. The third-order valence-corrected chi connectivity index (χ3v) is 6.64. The molecule has 0 bridgehead atoms. The van der Waals surface area contributed by atoms with Gasteiger partial charge in [-0.15, -0.1) is 0 Å². The number of aromatic nitrogens is 4. The number of pyridine rings is 1. The van der Waals surface area contributed by atoms with Gasteiger partial charge in [0, 0.05) is 22.1 Å². The van der Waals surface area contributed by atoms with E-state index in [1.807, 2.05) is 59.1 Å². The standard InChI is InChI=1S/C33H22N4/c1-4-12-23(13-5-1)27-22-28(35-33(34-27)26-17-8-3-9-18-26)31-30-21-20-24-14-10-11-19-29(24)37(30)36-32(31)25-15-6-2-7-16-25/h1-22H. The van der Waals surface area contributed by atoms with E-state index in [0.717, 1.165) is 55.8 Å². The fourth-order valence-corrected chi connectivity index (χ4v) is 4.86. The van der Waals surface area contributed by atoms with Gasteiger partial charge in [-0.1, -0.05) is 115 Å². The van der Waals surface area contributed by atoms with E-state index in [2.05, 4.69) is 78.9 Å². The number of hydrogen-bond donors (Lipinski definition) is 0. The van der Waals surface area contributed by atoms with Gasteiger partial charge in [-0.05, 0) is 18.2 Å². The molecule has 0 aliphatic carbocycles. The highest BCUT2D eigenvalue weighted by molar-refractivity contribution is 5.95. The lowest BCUT2D eigenvalue weighted by atomic mass is 10.0. The lowest BCUT2D eigenvalue weighted by Crippen LogP contribution is -1.96. The Morgan fingerprint density at radius 2 is 1.05 bits per heavy atom. The molecule has 37 heavy (non-hydrogen) atoms. The maximum absolute atomic E-state index is 5.15. The van der Waals surface area contributed by atoms with Crippen LogP contribution in [0.15, 0.2) is 133 Å². The summed E-state index contributed by atoms with van der Waals surface area (Å²) >= 11 is 0. The van der Waals surface area contributed by atoms with Crippen molar-refractivity contribution in [2.45, 2.75) is 0 Å². The second kappa shape index (κ2) is 8.85. The molecule has 3 heterocycles. The average molecular weight is 475 g/mol. The summed E-state index contributed by atoms with van der Waals surface area (Å²) in [6.07, 6.45) is 0. The van der Waals surface area contributed by atoms with Gasteiger partial charge in [0.1, 0.15) is 5.69 Å². The number of benzene rings is 4. The summed E-state index contributed by atoms with van der Waals surface area (Å²) in [5.74, 6) is 0.691. The highest BCUT2D eigenvalue weighted by Crippen LogP contribution is 2.37. The molecule has 7 rings (SSSR count). The first-order valence-corrected chi connectivity index (χ1v) is 12.3. The maximum atomic E-state index is 5.15. The fourth-order valence-electron chi connectivity index (χ4n) is 4.86. The van der Waals surface area contributed by atoms with Gasteiger partial charge < -0.3 is 0 Å². The molecule has 0 aliphatic rings. The molecule has 0 spiro atoms. The van der Waals surface area contributed by atoms with Gasteiger partial charge in [-0.25, -0.2) is 14.5 Å². The normalized spacial score (nSPS) is 11.2. The quantitative estimate of drug-likeness (QED) is 0.260. The van der Waals surface area contributed by atoms with E-state index in [1.54, 1.807) is 0 Å². The predicted molar refractivity (Wildman–Crippen MR) is 150 cm³/mol. The molecule has 0 fully saturated rings. The monoisotopic (exact) mass is 474 g/mol. The Labute approximate surface area is 214 Å². The summed E-state index contributed by atoms with van der Waals surface area (Å²) in [7, 11) is 0. The molecule has 0 saturated carbocycles. The van der Waals surface area contributed by atoms with Crippen LogP contribution in [0.25, 0.3) is 61.6 Å². The minimum absolute atomic E-state index is 0.691. The smallest absolute Gasteiger partial charge is 0.160 e. The topological polar surface area (TPSA) is 43.1 Å². The molecule has 4 nitrogen and oxygen atoms in total. The molecule has 0 amide bonds. The van der Waals surface area contributed by atoms with Crippen LogP contribution in [0.4, 0.5) is 0 Å². The zero-order chi connectivity index (χ0) is 24.6. The summed E-state index contributed by atoms with van der Waals surface area (Å²) < 4.78 is 2.04. The van der Waals surface area contributed by atoms with Crippen LogP contribution in [-0.4, -0.2) is 19.6 Å². The molecule has 4 aromatic carbocycles. The predicted octanol–water partition coefficient (Wildman–Crippen LogP) is 7.95. The van der Waals surface area contributed by atoms with Crippen molar-refractivity contribution >= 4 is 16.4 Å². The van der Waals surface area contributed by atoms with Crippen LogP contribution in [0.2, 0.25) is 0 Å². The molecule has 0 radical (unpaired) electrons. The highest BCUT2D eigenvalue weighted by Gasteiger charge is 2.21. The first kappa shape index (κ1) is 21.2. The van der Waals surface area contributed by atoms with E-state index < -0.39 is 0 Å². The third-order valence-electron chi connectivity index (χ3n) is 6.64. The third kappa shape index (κ3) is 3.76. The minimum atomic E-state index is 0.691. The van der Waals surface area contributed by atoms with Crippen molar-refractivity contribution in [3.05, 3.63) is 133 Å². The Morgan fingerprint density at radius 3 is 1.78 bits per heavy atom. The molecule has 0 aliphatic heterocycles. The lowest BCUT2D eigenvalue weighted by molar-refractivity contribution is 1.01. The second-order valence-electron chi connectivity index (χ2n) is 8.97. The number of para-hydroxylation sites is 1. The van der Waals surface area contributed by atoms with Crippen molar-refractivity contribution in [1.29, 1.82) is 0 Å². The summed E-state index contributed by atoms with van der Waals surface area (Å²) in [6, 6.07) is 45.5. The second-order valence-corrected chi connectivity index (χ2v) is 8.97.